The van der Waals surface area contributed by atoms with Gasteiger partial charge in [-0.15, -0.1) is 0 Å². The van der Waals surface area contributed by atoms with Gasteiger partial charge in [-0.25, -0.2) is 4.90 Å². The van der Waals surface area contributed by atoms with Crippen molar-refractivity contribution in [2.75, 3.05) is 4.90 Å². The molecular weight excluding hydrogens is 302 g/mol. The maximum atomic E-state index is 11.9. The number of nitrogens with zero attached hydrogens (tertiary/aromatic N) is 1. The first-order chi connectivity index (χ1) is 8.43. The fourth-order valence-corrected chi connectivity index (χ4v) is 2.03. The number of benzene rings is 1. The lowest BCUT2D eigenvalue weighted by Gasteiger charge is -2.13. The summed E-state index contributed by atoms with van der Waals surface area (Å²) >= 11 is 3.22. The summed E-state index contributed by atoms with van der Waals surface area (Å²) in [5.41, 5.74) is 0.283. The van der Waals surface area contributed by atoms with Gasteiger partial charge in [-0.3, -0.25) is 19.2 Å². The molecule has 2 amide bonds. The van der Waals surface area contributed by atoms with Crippen molar-refractivity contribution in [1.82, 2.24) is 0 Å². The van der Waals surface area contributed by atoms with Crippen molar-refractivity contribution in [3.05, 3.63) is 28.7 Å². The van der Waals surface area contributed by atoms with Gasteiger partial charge in [0.15, 0.2) is 5.92 Å². The van der Waals surface area contributed by atoms with Crippen LogP contribution in [0.4, 0.5) is 5.69 Å². The number of halogens is 1. The number of Topliss-reactive ketones (excluding diaryl/α,β-unsaturated/α-hetero) is 2. The van der Waals surface area contributed by atoms with Gasteiger partial charge in [-0.05, 0) is 31.2 Å². The summed E-state index contributed by atoms with van der Waals surface area (Å²) in [6, 6.07) is 6.33. The number of carbonyl (C=O) groups excluding carboxylic acids is 4. The molecule has 0 unspecified atom stereocenters. The van der Waals surface area contributed by atoms with Crippen LogP contribution >= 0.6 is 15.9 Å². The van der Waals surface area contributed by atoms with Crippen molar-refractivity contribution in [3.63, 3.8) is 0 Å². The number of hydrogen-bond donors (Lipinski definition) is 0. The second kappa shape index (κ2) is 4.45. The largest absolute Gasteiger partial charge is 0.302 e. The summed E-state index contributed by atoms with van der Waals surface area (Å²) < 4.78 is 0.778. The van der Waals surface area contributed by atoms with Crippen LogP contribution in [0.1, 0.15) is 6.92 Å². The predicted molar refractivity (Wildman–Crippen MR) is 65.8 cm³/mol. The molecule has 0 saturated carbocycles. The lowest BCUT2D eigenvalue weighted by atomic mass is 10.0. The molecule has 1 aromatic rings. The lowest BCUT2D eigenvalue weighted by molar-refractivity contribution is -0.139. The Kier molecular flexibility index (Phi) is 3.13. The van der Waals surface area contributed by atoms with Gasteiger partial charge < -0.3 is 0 Å². The quantitative estimate of drug-likeness (QED) is 0.466. The maximum Gasteiger partial charge on any atom is 0.302 e. The molecule has 0 radical (unpaired) electrons. The van der Waals surface area contributed by atoms with Crippen LogP contribution in [-0.4, -0.2) is 23.4 Å². The molecule has 0 spiro atoms. The number of carbonyl (C=O) groups is 4. The van der Waals surface area contributed by atoms with Crippen LogP contribution < -0.4 is 4.90 Å². The maximum absolute atomic E-state index is 11.9. The highest BCUT2D eigenvalue weighted by Gasteiger charge is 2.49. The Morgan fingerprint density at radius 1 is 1.17 bits per heavy atom. The molecule has 1 heterocycles. The Labute approximate surface area is 111 Å². The molecular formula is C12H8BrNO4. The molecule has 0 aliphatic carbocycles. The van der Waals surface area contributed by atoms with E-state index in [9.17, 15) is 19.2 Å². The van der Waals surface area contributed by atoms with Gasteiger partial charge in [0, 0.05) is 4.47 Å². The van der Waals surface area contributed by atoms with Gasteiger partial charge in [0.25, 0.3) is 5.91 Å². The van der Waals surface area contributed by atoms with Crippen LogP contribution in [0.2, 0.25) is 0 Å². The summed E-state index contributed by atoms with van der Waals surface area (Å²) in [6.45, 7) is 1.12. The van der Waals surface area contributed by atoms with Crippen LogP contribution in [0.15, 0.2) is 28.7 Å². The monoisotopic (exact) mass is 309 g/mol. The van der Waals surface area contributed by atoms with E-state index in [1.165, 1.54) is 12.1 Å². The molecule has 1 aliphatic heterocycles. The van der Waals surface area contributed by atoms with E-state index in [4.69, 9.17) is 0 Å². The van der Waals surface area contributed by atoms with E-state index >= 15 is 0 Å². The summed E-state index contributed by atoms with van der Waals surface area (Å²) in [7, 11) is 0. The summed E-state index contributed by atoms with van der Waals surface area (Å²) in [5, 5.41) is 0. The predicted octanol–water partition coefficient (Wildman–Crippen LogP) is 1.10. The standard InChI is InChI=1S/C12H8BrNO4/c1-6(15)9-10(16)12(18)14(11(9)17)8-4-2-7(13)3-5-8/h2-5,9H,1H3/t9-/m1/s1. The summed E-state index contributed by atoms with van der Waals surface area (Å²) in [6.07, 6.45) is 0. The molecule has 1 aliphatic rings. The van der Waals surface area contributed by atoms with Crippen molar-refractivity contribution in [2.45, 2.75) is 6.92 Å². The normalized spacial score (nSPS) is 19.6. The van der Waals surface area contributed by atoms with E-state index in [1.54, 1.807) is 12.1 Å². The molecule has 6 heteroatoms. The topological polar surface area (TPSA) is 71.5 Å². The highest BCUT2D eigenvalue weighted by atomic mass is 79.9. The highest BCUT2D eigenvalue weighted by Crippen LogP contribution is 2.26. The number of imide groups is 1. The van der Waals surface area contributed by atoms with E-state index < -0.39 is 29.3 Å². The van der Waals surface area contributed by atoms with E-state index in [0.717, 1.165) is 16.3 Å². The Morgan fingerprint density at radius 2 is 1.72 bits per heavy atom. The third-order valence-electron chi connectivity index (χ3n) is 2.63. The second-order valence-corrected chi connectivity index (χ2v) is 4.78. The molecule has 0 N–H and O–H groups in total. The van der Waals surface area contributed by atoms with E-state index in [2.05, 4.69) is 15.9 Å². The fraction of sp³-hybridized carbons (Fsp3) is 0.167. The van der Waals surface area contributed by atoms with Crippen LogP contribution in [0.5, 0.6) is 0 Å². The lowest BCUT2D eigenvalue weighted by Crippen LogP contribution is -2.31. The zero-order valence-electron chi connectivity index (χ0n) is 9.34. The average Bonchev–Trinajstić information content (AvgIpc) is 2.52. The minimum Gasteiger partial charge on any atom is -0.299 e. The van der Waals surface area contributed by atoms with Crippen molar-refractivity contribution >= 4 is 45.0 Å². The molecule has 18 heavy (non-hydrogen) atoms. The smallest absolute Gasteiger partial charge is 0.299 e. The zero-order chi connectivity index (χ0) is 13.4. The Bertz CT molecular complexity index is 564. The van der Waals surface area contributed by atoms with Gasteiger partial charge in [0.2, 0.25) is 5.78 Å². The van der Waals surface area contributed by atoms with Crippen molar-refractivity contribution < 1.29 is 19.2 Å². The van der Waals surface area contributed by atoms with Crippen molar-refractivity contribution in [2.24, 2.45) is 5.92 Å². The molecule has 1 atom stereocenters. The number of amides is 2. The summed E-state index contributed by atoms with van der Waals surface area (Å²) in [5.74, 6) is -4.79. The van der Waals surface area contributed by atoms with E-state index in [0.29, 0.717) is 0 Å². The number of rotatable bonds is 2. The van der Waals surface area contributed by atoms with E-state index in [1.807, 2.05) is 0 Å². The third-order valence-corrected chi connectivity index (χ3v) is 3.16. The molecule has 92 valence electrons. The van der Waals surface area contributed by atoms with Crippen molar-refractivity contribution in [3.8, 4) is 0 Å². The van der Waals surface area contributed by atoms with Gasteiger partial charge in [0.05, 0.1) is 5.69 Å². The third kappa shape index (κ3) is 1.88. The minimum atomic E-state index is -1.49. The van der Waals surface area contributed by atoms with Gasteiger partial charge in [-0.2, -0.15) is 0 Å². The van der Waals surface area contributed by atoms with Gasteiger partial charge in [-0.1, -0.05) is 15.9 Å². The average molecular weight is 310 g/mol. The fourth-order valence-electron chi connectivity index (χ4n) is 1.77. The van der Waals surface area contributed by atoms with Crippen LogP contribution in [0.3, 0.4) is 0 Å². The molecule has 2 rings (SSSR count). The van der Waals surface area contributed by atoms with Crippen LogP contribution in [0.25, 0.3) is 0 Å². The molecule has 0 bridgehead atoms. The molecule has 1 aromatic carbocycles. The Hall–Kier alpha value is -1.82. The zero-order valence-corrected chi connectivity index (χ0v) is 10.9. The van der Waals surface area contributed by atoms with E-state index in [-0.39, 0.29) is 5.69 Å². The molecule has 0 aromatic heterocycles. The molecule has 5 nitrogen and oxygen atoms in total. The summed E-state index contributed by atoms with van der Waals surface area (Å²) in [4.78, 5) is 47.1. The number of anilines is 1. The van der Waals surface area contributed by atoms with Crippen LogP contribution in [-0.2, 0) is 19.2 Å². The minimum absolute atomic E-state index is 0.283. The second-order valence-electron chi connectivity index (χ2n) is 3.86. The SMILES string of the molecule is CC(=O)[C@@H]1C(=O)C(=O)N(c2ccc(Br)cc2)C1=O. The first-order valence-electron chi connectivity index (χ1n) is 5.11. The first kappa shape index (κ1) is 12.6. The highest BCUT2D eigenvalue weighted by molar-refractivity contribution is 9.10. The van der Waals surface area contributed by atoms with Crippen LogP contribution in [0, 0.1) is 5.92 Å². The molecule has 1 saturated heterocycles. The van der Waals surface area contributed by atoms with Crippen molar-refractivity contribution in [1.29, 1.82) is 0 Å². The van der Waals surface area contributed by atoms with Gasteiger partial charge >= 0.3 is 5.91 Å². The number of hydrogen-bond acceptors (Lipinski definition) is 4. The number of ketones is 2. The Morgan fingerprint density at radius 3 is 2.17 bits per heavy atom. The Balaban J connectivity index is 2.43. The molecule has 1 fully saturated rings. The first-order valence-corrected chi connectivity index (χ1v) is 5.91. The van der Waals surface area contributed by atoms with Gasteiger partial charge in [0.1, 0.15) is 5.78 Å².